The predicted octanol–water partition coefficient (Wildman–Crippen LogP) is 3.63. The van der Waals surface area contributed by atoms with E-state index in [2.05, 4.69) is 36.9 Å². The Labute approximate surface area is 217 Å². The molecule has 0 aliphatic carbocycles. The van der Waals surface area contributed by atoms with E-state index in [1.807, 2.05) is 61.7 Å². The minimum atomic E-state index is -0.860. The number of para-hydroxylation sites is 1. The molecule has 0 aliphatic rings. The van der Waals surface area contributed by atoms with Gasteiger partial charge in [0.2, 0.25) is 11.8 Å². The second kappa shape index (κ2) is 10.4. The first kappa shape index (κ1) is 25.3. The molecular weight excluding hydrogens is 524 g/mol. The van der Waals surface area contributed by atoms with Gasteiger partial charge in [0, 0.05) is 32.7 Å². The summed E-state index contributed by atoms with van der Waals surface area (Å²) in [6.07, 6.45) is 4.29. The van der Waals surface area contributed by atoms with Crippen LogP contribution in [0, 0.1) is 0 Å². The van der Waals surface area contributed by atoms with Crippen LogP contribution >= 0.6 is 15.9 Å². The monoisotopic (exact) mass is 550 g/mol. The Morgan fingerprint density at radius 3 is 2.50 bits per heavy atom. The molecule has 0 aliphatic heterocycles. The molecule has 2 aromatic heterocycles. The standard InChI is InChI=1S/C26H27BrN6O3/c1-26(2,3)29-25(36)24(17-8-10-19(27)11-9-17)28-23(35)15-33-14-20(30-31-33)13-32-12-18(16-34)21-6-4-5-7-22(21)32/h4-12,14,16,24H,13,15H2,1-3H3,(H,28,35)(H,29,36). The van der Waals surface area contributed by atoms with E-state index >= 15 is 0 Å². The molecule has 1 atom stereocenters. The molecule has 1 unspecified atom stereocenters. The summed E-state index contributed by atoms with van der Waals surface area (Å²) in [5.41, 5.74) is 2.36. The van der Waals surface area contributed by atoms with Gasteiger partial charge in [0.05, 0.1) is 12.7 Å². The van der Waals surface area contributed by atoms with Crippen molar-refractivity contribution in [3.63, 3.8) is 0 Å². The summed E-state index contributed by atoms with van der Waals surface area (Å²) >= 11 is 3.39. The maximum atomic E-state index is 13.0. The highest BCUT2D eigenvalue weighted by molar-refractivity contribution is 9.10. The second-order valence-corrected chi connectivity index (χ2v) is 10.5. The number of aromatic nitrogens is 4. The zero-order valence-electron chi connectivity index (χ0n) is 20.2. The number of carbonyl (C=O) groups excluding carboxylic acids is 3. The van der Waals surface area contributed by atoms with Crippen molar-refractivity contribution in [3.05, 3.63) is 82.2 Å². The zero-order chi connectivity index (χ0) is 25.9. The van der Waals surface area contributed by atoms with E-state index < -0.39 is 11.6 Å². The average molecular weight is 551 g/mol. The van der Waals surface area contributed by atoms with Crippen molar-refractivity contribution in [2.24, 2.45) is 0 Å². The van der Waals surface area contributed by atoms with E-state index in [1.54, 1.807) is 24.5 Å². The largest absolute Gasteiger partial charge is 0.349 e. The van der Waals surface area contributed by atoms with Crippen molar-refractivity contribution in [1.82, 2.24) is 30.2 Å². The maximum Gasteiger partial charge on any atom is 0.247 e. The van der Waals surface area contributed by atoms with E-state index in [4.69, 9.17) is 0 Å². The van der Waals surface area contributed by atoms with Gasteiger partial charge in [0.15, 0.2) is 6.29 Å². The first-order chi connectivity index (χ1) is 17.1. The number of hydrogen-bond acceptors (Lipinski definition) is 5. The number of carbonyl (C=O) groups is 3. The Hall–Kier alpha value is -3.79. The van der Waals surface area contributed by atoms with E-state index in [0.717, 1.165) is 21.7 Å². The van der Waals surface area contributed by atoms with Crippen LogP contribution in [0.5, 0.6) is 0 Å². The van der Waals surface area contributed by atoms with Crippen molar-refractivity contribution >= 4 is 44.9 Å². The SMILES string of the molecule is CC(C)(C)NC(=O)C(NC(=O)Cn1cc(Cn2cc(C=O)c3ccccc32)nn1)c1ccc(Br)cc1. The quantitative estimate of drug-likeness (QED) is 0.325. The van der Waals surface area contributed by atoms with E-state index in [-0.39, 0.29) is 18.4 Å². The third-order valence-electron chi connectivity index (χ3n) is 5.44. The van der Waals surface area contributed by atoms with Gasteiger partial charge < -0.3 is 15.2 Å². The van der Waals surface area contributed by atoms with Crippen LogP contribution in [-0.2, 0) is 22.7 Å². The number of benzene rings is 2. The van der Waals surface area contributed by atoms with Gasteiger partial charge in [-0.15, -0.1) is 5.10 Å². The lowest BCUT2D eigenvalue weighted by Crippen LogP contribution is -2.48. The number of halogens is 1. The van der Waals surface area contributed by atoms with Crippen LogP contribution in [0.2, 0.25) is 0 Å². The highest BCUT2D eigenvalue weighted by Gasteiger charge is 2.26. The molecule has 0 saturated carbocycles. The molecule has 0 spiro atoms. The highest BCUT2D eigenvalue weighted by atomic mass is 79.9. The molecule has 0 bridgehead atoms. The third kappa shape index (κ3) is 6.06. The molecule has 0 saturated heterocycles. The molecule has 2 amide bonds. The van der Waals surface area contributed by atoms with E-state index in [1.165, 1.54) is 4.68 Å². The van der Waals surface area contributed by atoms with Crippen LogP contribution in [0.4, 0.5) is 0 Å². The number of aldehydes is 1. The smallest absolute Gasteiger partial charge is 0.247 e. The van der Waals surface area contributed by atoms with Gasteiger partial charge in [0.25, 0.3) is 0 Å². The topological polar surface area (TPSA) is 111 Å². The molecule has 2 aromatic carbocycles. The summed E-state index contributed by atoms with van der Waals surface area (Å²) in [5, 5.41) is 14.9. The fraction of sp³-hybridized carbons (Fsp3) is 0.269. The summed E-state index contributed by atoms with van der Waals surface area (Å²) < 4.78 is 4.23. The average Bonchev–Trinajstić information content (AvgIpc) is 3.41. The Morgan fingerprint density at radius 2 is 1.81 bits per heavy atom. The van der Waals surface area contributed by atoms with Gasteiger partial charge >= 0.3 is 0 Å². The second-order valence-electron chi connectivity index (χ2n) is 9.55. The number of amides is 2. The van der Waals surface area contributed by atoms with Crippen molar-refractivity contribution in [3.8, 4) is 0 Å². The molecule has 9 nitrogen and oxygen atoms in total. The van der Waals surface area contributed by atoms with Crippen LogP contribution in [0.25, 0.3) is 10.9 Å². The number of hydrogen-bond donors (Lipinski definition) is 2. The van der Waals surface area contributed by atoms with Gasteiger partial charge in [-0.2, -0.15) is 0 Å². The number of nitrogens with one attached hydrogen (secondary N) is 2. The highest BCUT2D eigenvalue weighted by Crippen LogP contribution is 2.21. The zero-order valence-corrected chi connectivity index (χ0v) is 21.8. The summed E-state index contributed by atoms with van der Waals surface area (Å²) in [6.45, 7) is 5.94. The van der Waals surface area contributed by atoms with E-state index in [0.29, 0.717) is 23.4 Å². The Kier molecular flexibility index (Phi) is 7.35. The molecule has 36 heavy (non-hydrogen) atoms. The number of fused-ring (bicyclic) bond motifs is 1. The molecule has 4 rings (SSSR count). The third-order valence-corrected chi connectivity index (χ3v) is 5.97. The Bertz CT molecular complexity index is 1400. The van der Waals surface area contributed by atoms with Gasteiger partial charge in [-0.3, -0.25) is 14.4 Å². The number of nitrogens with zero attached hydrogens (tertiary/aromatic N) is 4. The van der Waals surface area contributed by atoms with Gasteiger partial charge in [0.1, 0.15) is 18.3 Å². The van der Waals surface area contributed by atoms with Crippen LogP contribution in [0.1, 0.15) is 48.4 Å². The minimum Gasteiger partial charge on any atom is -0.349 e. The lowest BCUT2D eigenvalue weighted by atomic mass is 10.0. The summed E-state index contributed by atoms with van der Waals surface area (Å²) in [7, 11) is 0. The minimum absolute atomic E-state index is 0.102. The molecule has 10 heteroatoms. The van der Waals surface area contributed by atoms with Crippen LogP contribution < -0.4 is 10.6 Å². The van der Waals surface area contributed by atoms with Gasteiger partial charge in [-0.05, 0) is 44.5 Å². The molecule has 0 radical (unpaired) electrons. The van der Waals surface area contributed by atoms with E-state index in [9.17, 15) is 14.4 Å². The lowest BCUT2D eigenvalue weighted by molar-refractivity contribution is -0.130. The predicted molar refractivity (Wildman–Crippen MR) is 139 cm³/mol. The van der Waals surface area contributed by atoms with Crippen molar-refractivity contribution in [2.45, 2.75) is 45.4 Å². The molecule has 2 heterocycles. The number of rotatable bonds is 8. The summed E-state index contributed by atoms with van der Waals surface area (Å²) in [6, 6.07) is 14.0. The Morgan fingerprint density at radius 1 is 1.08 bits per heavy atom. The fourth-order valence-electron chi connectivity index (χ4n) is 3.91. The maximum absolute atomic E-state index is 13.0. The molecule has 4 aromatic rings. The van der Waals surface area contributed by atoms with Crippen molar-refractivity contribution in [2.75, 3.05) is 0 Å². The molecular formula is C26H27BrN6O3. The van der Waals surface area contributed by atoms with Gasteiger partial charge in [-0.1, -0.05) is 51.5 Å². The summed E-state index contributed by atoms with van der Waals surface area (Å²) in [4.78, 5) is 37.3. The van der Waals surface area contributed by atoms with Crippen LogP contribution in [-0.4, -0.2) is 43.2 Å². The fourth-order valence-corrected chi connectivity index (χ4v) is 4.18. The first-order valence-corrected chi connectivity index (χ1v) is 12.2. The molecule has 186 valence electrons. The lowest BCUT2D eigenvalue weighted by Gasteiger charge is -2.26. The van der Waals surface area contributed by atoms with Crippen molar-refractivity contribution < 1.29 is 14.4 Å². The summed E-state index contributed by atoms with van der Waals surface area (Å²) in [5.74, 6) is -0.680. The first-order valence-electron chi connectivity index (χ1n) is 11.4. The van der Waals surface area contributed by atoms with Crippen molar-refractivity contribution in [1.29, 1.82) is 0 Å². The Balaban J connectivity index is 1.47. The molecule has 0 fully saturated rings. The molecule has 2 N–H and O–H groups in total. The normalized spacial score (nSPS) is 12.3. The van der Waals surface area contributed by atoms with Crippen LogP contribution in [0.15, 0.2) is 65.4 Å². The van der Waals surface area contributed by atoms with Gasteiger partial charge in [-0.25, -0.2) is 4.68 Å². The van der Waals surface area contributed by atoms with Crippen LogP contribution in [0.3, 0.4) is 0 Å².